The van der Waals surface area contributed by atoms with Crippen molar-refractivity contribution in [2.45, 2.75) is 51.0 Å². The molecule has 0 fully saturated rings. The van der Waals surface area contributed by atoms with Gasteiger partial charge in [0.05, 0.1) is 11.5 Å². The van der Waals surface area contributed by atoms with Crippen molar-refractivity contribution in [1.82, 2.24) is 0 Å². The highest BCUT2D eigenvalue weighted by Gasteiger charge is 2.35. The smallest absolute Gasteiger partial charge is 0.313 e. The molecule has 1 aromatic carbocycles. The van der Waals surface area contributed by atoms with E-state index in [9.17, 15) is 15.0 Å². The third kappa shape index (κ3) is 4.11. The van der Waals surface area contributed by atoms with Crippen molar-refractivity contribution in [2.75, 3.05) is 0 Å². The number of carboxylic acid groups (broad SMARTS) is 1. The fraction of sp³-hybridized carbons (Fsp3) is 0.471. The van der Waals surface area contributed by atoms with E-state index in [1.165, 1.54) is 0 Å². The topological polar surface area (TPSA) is 57.5 Å². The Balaban J connectivity index is 2.83. The predicted molar refractivity (Wildman–Crippen MR) is 79.5 cm³/mol. The molecule has 0 spiro atoms. The molecule has 108 valence electrons. The maximum Gasteiger partial charge on any atom is 0.313 e. The summed E-state index contributed by atoms with van der Waals surface area (Å²) >= 11 is 0. The number of rotatable bonds is 7. The molecule has 0 bridgehead atoms. The first-order chi connectivity index (χ1) is 9.40. The van der Waals surface area contributed by atoms with Crippen molar-refractivity contribution in [3.63, 3.8) is 0 Å². The van der Waals surface area contributed by atoms with Crippen molar-refractivity contribution >= 4 is 5.97 Å². The van der Waals surface area contributed by atoms with Gasteiger partial charge in [0.1, 0.15) is 0 Å². The number of carboxylic acids is 1. The molecular formula is C17H22O3. The van der Waals surface area contributed by atoms with E-state index in [0.717, 1.165) is 11.1 Å². The van der Waals surface area contributed by atoms with Crippen LogP contribution in [0.25, 0.3) is 0 Å². The van der Waals surface area contributed by atoms with Crippen LogP contribution in [0, 0.1) is 19.3 Å². The Labute approximate surface area is 120 Å². The van der Waals surface area contributed by atoms with Gasteiger partial charge in [0.2, 0.25) is 0 Å². The van der Waals surface area contributed by atoms with Gasteiger partial charge in [-0.05, 0) is 38.7 Å². The number of aliphatic carboxylic acids is 1. The molecule has 0 aliphatic carbocycles. The van der Waals surface area contributed by atoms with Crippen LogP contribution in [-0.2, 0) is 10.2 Å². The van der Waals surface area contributed by atoms with E-state index in [0.29, 0.717) is 25.7 Å². The van der Waals surface area contributed by atoms with Gasteiger partial charge in [-0.25, -0.2) is 0 Å². The van der Waals surface area contributed by atoms with Gasteiger partial charge in [-0.2, -0.15) is 0 Å². The van der Waals surface area contributed by atoms with E-state index in [1.54, 1.807) is 6.92 Å². The number of hydrogen-bond donors (Lipinski definition) is 2. The molecule has 0 aliphatic rings. The van der Waals surface area contributed by atoms with Gasteiger partial charge in [-0.3, -0.25) is 4.79 Å². The highest BCUT2D eigenvalue weighted by molar-refractivity contribution is 5.80. The molecule has 0 radical (unpaired) electrons. The Morgan fingerprint density at radius 1 is 1.45 bits per heavy atom. The number of benzene rings is 1. The lowest BCUT2D eigenvalue weighted by atomic mass is 9.77. The molecule has 0 aliphatic heterocycles. The maximum atomic E-state index is 11.6. The first-order valence-corrected chi connectivity index (χ1v) is 6.82. The quantitative estimate of drug-likeness (QED) is 0.752. The van der Waals surface area contributed by atoms with Gasteiger partial charge < -0.3 is 10.2 Å². The number of aryl methyl sites for hydroxylation is 1. The summed E-state index contributed by atoms with van der Waals surface area (Å²) in [5.74, 6) is 1.61. The molecule has 1 rings (SSSR count). The molecule has 0 saturated heterocycles. The molecule has 2 atom stereocenters. The summed E-state index contributed by atoms with van der Waals surface area (Å²) in [6, 6.07) is 7.52. The third-order valence-corrected chi connectivity index (χ3v) is 3.73. The zero-order valence-electron chi connectivity index (χ0n) is 12.1. The summed E-state index contributed by atoms with van der Waals surface area (Å²) in [6.45, 7) is 3.64. The molecule has 3 nitrogen and oxygen atoms in total. The molecule has 3 heteroatoms. The van der Waals surface area contributed by atoms with E-state index < -0.39 is 17.5 Å². The van der Waals surface area contributed by atoms with Crippen LogP contribution >= 0.6 is 0 Å². The molecule has 0 aromatic heterocycles. The van der Waals surface area contributed by atoms with Crippen LogP contribution in [-0.4, -0.2) is 22.3 Å². The Morgan fingerprint density at radius 2 is 2.15 bits per heavy atom. The summed E-state index contributed by atoms with van der Waals surface area (Å²) in [5.41, 5.74) is 0.820. The van der Waals surface area contributed by atoms with Crippen LogP contribution in [0.5, 0.6) is 0 Å². The summed E-state index contributed by atoms with van der Waals surface area (Å²) < 4.78 is 0. The third-order valence-electron chi connectivity index (χ3n) is 3.73. The maximum absolute atomic E-state index is 11.6. The first-order valence-electron chi connectivity index (χ1n) is 6.82. The monoisotopic (exact) mass is 274 g/mol. The van der Waals surface area contributed by atoms with Crippen molar-refractivity contribution in [1.29, 1.82) is 0 Å². The molecule has 20 heavy (non-hydrogen) atoms. The van der Waals surface area contributed by atoms with Crippen molar-refractivity contribution < 1.29 is 15.0 Å². The van der Waals surface area contributed by atoms with E-state index in [4.69, 9.17) is 6.42 Å². The fourth-order valence-electron chi connectivity index (χ4n) is 2.21. The average Bonchev–Trinajstić information content (AvgIpc) is 2.42. The van der Waals surface area contributed by atoms with E-state index in [1.807, 2.05) is 31.2 Å². The van der Waals surface area contributed by atoms with Crippen LogP contribution in [0.2, 0.25) is 0 Å². The predicted octanol–water partition coefficient (Wildman–Crippen LogP) is 2.89. The number of aliphatic hydroxyl groups excluding tert-OH is 1. The largest absolute Gasteiger partial charge is 0.481 e. The first kappa shape index (κ1) is 16.3. The van der Waals surface area contributed by atoms with Crippen molar-refractivity contribution in [2.24, 2.45) is 0 Å². The molecule has 2 unspecified atom stereocenters. The Bertz CT molecular complexity index is 501. The van der Waals surface area contributed by atoms with Crippen LogP contribution < -0.4 is 0 Å². The van der Waals surface area contributed by atoms with E-state index >= 15 is 0 Å². The van der Waals surface area contributed by atoms with E-state index in [2.05, 4.69) is 5.92 Å². The summed E-state index contributed by atoms with van der Waals surface area (Å²) in [4.78, 5) is 11.6. The lowest BCUT2D eigenvalue weighted by Gasteiger charge is -2.26. The Hall–Kier alpha value is -1.79. The second-order valence-electron chi connectivity index (χ2n) is 5.44. The van der Waals surface area contributed by atoms with Gasteiger partial charge in [0.25, 0.3) is 0 Å². The van der Waals surface area contributed by atoms with E-state index in [-0.39, 0.29) is 0 Å². The normalized spacial score (nSPS) is 15.1. The van der Waals surface area contributed by atoms with Crippen molar-refractivity contribution in [3.8, 4) is 12.3 Å². The number of carbonyl (C=O) groups is 1. The zero-order chi connectivity index (χ0) is 15.2. The number of aliphatic hydroxyl groups is 1. The summed E-state index contributed by atoms with van der Waals surface area (Å²) in [7, 11) is 0. The molecule has 1 aromatic rings. The number of hydrogen-bond acceptors (Lipinski definition) is 2. The van der Waals surface area contributed by atoms with Gasteiger partial charge in [0, 0.05) is 6.42 Å². The van der Waals surface area contributed by atoms with Crippen LogP contribution in [0.4, 0.5) is 0 Å². The van der Waals surface area contributed by atoms with Crippen LogP contribution in [0.15, 0.2) is 24.3 Å². The van der Waals surface area contributed by atoms with Crippen LogP contribution in [0.1, 0.15) is 43.7 Å². The molecular weight excluding hydrogens is 252 g/mol. The lowest BCUT2D eigenvalue weighted by Crippen LogP contribution is -2.33. The van der Waals surface area contributed by atoms with Gasteiger partial charge in [-0.15, -0.1) is 12.3 Å². The minimum absolute atomic E-state index is 0.386. The molecule has 0 amide bonds. The Morgan fingerprint density at radius 3 is 2.70 bits per heavy atom. The van der Waals surface area contributed by atoms with Gasteiger partial charge in [0.15, 0.2) is 0 Å². The number of terminal acetylenes is 1. The summed E-state index contributed by atoms with van der Waals surface area (Å²) in [6.07, 6.45) is 6.45. The molecule has 0 heterocycles. The van der Waals surface area contributed by atoms with Crippen molar-refractivity contribution in [3.05, 3.63) is 35.4 Å². The fourth-order valence-corrected chi connectivity index (χ4v) is 2.21. The lowest BCUT2D eigenvalue weighted by molar-refractivity contribution is -0.143. The molecule has 0 saturated carbocycles. The highest BCUT2D eigenvalue weighted by atomic mass is 16.4. The van der Waals surface area contributed by atoms with Crippen LogP contribution in [0.3, 0.4) is 0 Å². The SMILES string of the molecule is C#CCCC(O)CCC(C)(C(=O)O)c1cccc(C)c1. The standard InChI is InChI=1S/C17H22O3/c1-4-5-9-15(18)10-11-17(3,16(19)20)14-8-6-7-13(2)12-14/h1,6-8,12,15,18H,5,9-11H2,2-3H3,(H,19,20). The molecule has 2 N–H and O–H groups in total. The second-order valence-corrected chi connectivity index (χ2v) is 5.44. The van der Waals surface area contributed by atoms with Gasteiger partial charge >= 0.3 is 5.97 Å². The summed E-state index contributed by atoms with van der Waals surface area (Å²) in [5, 5.41) is 19.4. The Kier molecular flexibility index (Phi) is 5.79. The van der Waals surface area contributed by atoms with Gasteiger partial charge in [-0.1, -0.05) is 29.8 Å². The second kappa shape index (κ2) is 7.12. The minimum Gasteiger partial charge on any atom is -0.481 e. The minimum atomic E-state index is -0.983. The highest BCUT2D eigenvalue weighted by Crippen LogP contribution is 2.31. The average molecular weight is 274 g/mol. The zero-order valence-corrected chi connectivity index (χ0v) is 12.1.